The average molecular weight is 291 g/mol. The standard InChI is InChI=1S/C16H25N3O2/c1-13(20)15-5-3-4-6-16(15)21-10-9-19-8-7-18(2)12-14(19)11-17/h3-6,14H,7-12,17H2,1-2H3. The molecule has 0 amide bonds. The lowest BCUT2D eigenvalue weighted by molar-refractivity contribution is 0.0803. The smallest absolute Gasteiger partial charge is 0.163 e. The molecule has 5 heteroatoms. The van der Waals surface area contributed by atoms with Crippen LogP contribution < -0.4 is 10.5 Å². The number of Topliss-reactive ketones (excluding diaryl/α,β-unsaturated/α-hetero) is 1. The van der Waals surface area contributed by atoms with Crippen LogP contribution in [-0.4, -0.2) is 68.0 Å². The van der Waals surface area contributed by atoms with Crippen molar-refractivity contribution in [2.24, 2.45) is 5.73 Å². The van der Waals surface area contributed by atoms with Gasteiger partial charge < -0.3 is 15.4 Å². The van der Waals surface area contributed by atoms with Crippen LogP contribution >= 0.6 is 0 Å². The van der Waals surface area contributed by atoms with Crippen LogP contribution in [-0.2, 0) is 0 Å². The van der Waals surface area contributed by atoms with Crippen molar-refractivity contribution < 1.29 is 9.53 Å². The van der Waals surface area contributed by atoms with Gasteiger partial charge in [0, 0.05) is 38.8 Å². The van der Waals surface area contributed by atoms with Gasteiger partial charge in [0.1, 0.15) is 12.4 Å². The van der Waals surface area contributed by atoms with Crippen molar-refractivity contribution in [3.8, 4) is 5.75 Å². The highest BCUT2D eigenvalue weighted by atomic mass is 16.5. The topological polar surface area (TPSA) is 58.8 Å². The summed E-state index contributed by atoms with van der Waals surface area (Å²) in [6.07, 6.45) is 0. The quantitative estimate of drug-likeness (QED) is 0.787. The van der Waals surface area contributed by atoms with Gasteiger partial charge in [0.15, 0.2) is 5.78 Å². The monoisotopic (exact) mass is 291 g/mol. The minimum Gasteiger partial charge on any atom is -0.491 e. The first-order chi connectivity index (χ1) is 10.1. The molecule has 2 rings (SSSR count). The minimum absolute atomic E-state index is 0.0324. The van der Waals surface area contributed by atoms with Gasteiger partial charge in [0.05, 0.1) is 5.56 Å². The van der Waals surface area contributed by atoms with E-state index in [1.165, 1.54) is 0 Å². The highest BCUT2D eigenvalue weighted by molar-refractivity contribution is 5.96. The van der Waals surface area contributed by atoms with E-state index in [0.29, 0.717) is 30.5 Å². The van der Waals surface area contributed by atoms with Crippen LogP contribution in [0.3, 0.4) is 0 Å². The summed E-state index contributed by atoms with van der Waals surface area (Å²) in [7, 11) is 2.12. The van der Waals surface area contributed by atoms with E-state index >= 15 is 0 Å². The van der Waals surface area contributed by atoms with Crippen molar-refractivity contribution in [1.82, 2.24) is 9.80 Å². The Kier molecular flexibility index (Phi) is 5.73. The Hall–Kier alpha value is -1.43. The van der Waals surface area contributed by atoms with Crippen molar-refractivity contribution in [3.63, 3.8) is 0 Å². The van der Waals surface area contributed by atoms with E-state index in [0.717, 1.165) is 26.2 Å². The van der Waals surface area contributed by atoms with E-state index in [9.17, 15) is 4.79 Å². The third kappa shape index (κ3) is 4.27. The maximum absolute atomic E-state index is 11.6. The molecule has 21 heavy (non-hydrogen) atoms. The highest BCUT2D eigenvalue weighted by Crippen LogP contribution is 2.18. The number of hydrogen-bond acceptors (Lipinski definition) is 5. The number of benzene rings is 1. The molecule has 5 nitrogen and oxygen atoms in total. The number of carbonyl (C=O) groups is 1. The van der Waals surface area contributed by atoms with Crippen molar-refractivity contribution in [2.45, 2.75) is 13.0 Å². The van der Waals surface area contributed by atoms with Gasteiger partial charge >= 0.3 is 0 Å². The summed E-state index contributed by atoms with van der Waals surface area (Å²) in [4.78, 5) is 16.2. The number of rotatable bonds is 6. The van der Waals surface area contributed by atoms with Crippen molar-refractivity contribution in [1.29, 1.82) is 0 Å². The van der Waals surface area contributed by atoms with Crippen molar-refractivity contribution in [3.05, 3.63) is 29.8 Å². The number of ketones is 1. The van der Waals surface area contributed by atoms with E-state index in [-0.39, 0.29) is 5.78 Å². The molecule has 1 fully saturated rings. The molecule has 116 valence electrons. The second kappa shape index (κ2) is 7.54. The lowest BCUT2D eigenvalue weighted by atomic mass is 10.1. The Morgan fingerprint density at radius 2 is 2.14 bits per heavy atom. The van der Waals surface area contributed by atoms with Gasteiger partial charge in [0.2, 0.25) is 0 Å². The molecule has 1 saturated heterocycles. The second-order valence-corrected chi connectivity index (χ2v) is 5.59. The fraction of sp³-hybridized carbons (Fsp3) is 0.562. The molecule has 1 atom stereocenters. The zero-order valence-corrected chi connectivity index (χ0v) is 12.9. The zero-order chi connectivity index (χ0) is 15.2. The van der Waals surface area contributed by atoms with Crippen LogP contribution in [0, 0.1) is 0 Å². The molecule has 0 aliphatic carbocycles. The highest BCUT2D eigenvalue weighted by Gasteiger charge is 2.23. The van der Waals surface area contributed by atoms with Crippen LogP contribution in [0.2, 0.25) is 0 Å². The number of nitrogens with two attached hydrogens (primary N) is 1. The largest absolute Gasteiger partial charge is 0.491 e. The summed E-state index contributed by atoms with van der Waals surface area (Å²) >= 11 is 0. The Balaban J connectivity index is 1.88. The van der Waals surface area contributed by atoms with Crippen LogP contribution in [0.15, 0.2) is 24.3 Å². The van der Waals surface area contributed by atoms with Gasteiger partial charge in [-0.2, -0.15) is 0 Å². The normalized spacial score (nSPS) is 20.4. The van der Waals surface area contributed by atoms with Crippen LogP contribution in [0.4, 0.5) is 0 Å². The van der Waals surface area contributed by atoms with Crippen molar-refractivity contribution in [2.75, 3.05) is 46.4 Å². The predicted molar refractivity (Wildman–Crippen MR) is 83.9 cm³/mol. The number of hydrogen-bond donors (Lipinski definition) is 1. The Bertz CT molecular complexity index is 478. The average Bonchev–Trinajstić information content (AvgIpc) is 2.49. The summed E-state index contributed by atoms with van der Waals surface area (Å²) in [5.74, 6) is 0.702. The third-order valence-corrected chi connectivity index (χ3v) is 3.98. The minimum atomic E-state index is 0.0324. The Labute approximate surface area is 126 Å². The molecule has 0 radical (unpaired) electrons. The Morgan fingerprint density at radius 1 is 1.38 bits per heavy atom. The maximum atomic E-state index is 11.6. The molecular formula is C16H25N3O2. The molecular weight excluding hydrogens is 266 g/mol. The van der Waals surface area contributed by atoms with Gasteiger partial charge in [-0.3, -0.25) is 9.69 Å². The summed E-state index contributed by atoms with van der Waals surface area (Å²) in [5.41, 5.74) is 6.49. The van der Waals surface area contributed by atoms with Gasteiger partial charge in [-0.15, -0.1) is 0 Å². The molecule has 1 aliphatic heterocycles. The first-order valence-corrected chi connectivity index (χ1v) is 7.47. The van der Waals surface area contributed by atoms with E-state index in [1.54, 1.807) is 13.0 Å². The third-order valence-electron chi connectivity index (χ3n) is 3.98. The van der Waals surface area contributed by atoms with Crippen LogP contribution in [0.25, 0.3) is 0 Å². The predicted octanol–water partition coefficient (Wildman–Crippen LogP) is 0.843. The molecule has 1 aromatic rings. The number of ether oxygens (including phenoxy) is 1. The van der Waals surface area contributed by atoms with E-state index < -0.39 is 0 Å². The summed E-state index contributed by atoms with van der Waals surface area (Å²) in [6, 6.07) is 7.78. The lowest BCUT2D eigenvalue weighted by Crippen LogP contribution is -2.55. The number of nitrogens with zero attached hydrogens (tertiary/aromatic N) is 2. The van der Waals surface area contributed by atoms with E-state index in [1.807, 2.05) is 18.2 Å². The van der Waals surface area contributed by atoms with Gasteiger partial charge in [-0.1, -0.05) is 12.1 Å². The first kappa shape index (κ1) is 15.9. The maximum Gasteiger partial charge on any atom is 0.163 e. The molecule has 1 aromatic carbocycles. The zero-order valence-electron chi connectivity index (χ0n) is 12.9. The molecule has 2 N–H and O–H groups in total. The fourth-order valence-electron chi connectivity index (χ4n) is 2.72. The van der Waals surface area contributed by atoms with Gasteiger partial charge in [-0.25, -0.2) is 0 Å². The van der Waals surface area contributed by atoms with Crippen LogP contribution in [0.5, 0.6) is 5.75 Å². The molecule has 0 spiro atoms. The van der Waals surface area contributed by atoms with Gasteiger partial charge in [0.25, 0.3) is 0 Å². The molecule has 0 aromatic heterocycles. The number of carbonyl (C=O) groups excluding carboxylic acids is 1. The van der Waals surface area contributed by atoms with Crippen LogP contribution in [0.1, 0.15) is 17.3 Å². The number of likely N-dealkylation sites (N-methyl/N-ethyl adjacent to an activating group) is 1. The summed E-state index contributed by atoms with van der Waals surface area (Å²) in [6.45, 7) is 6.70. The first-order valence-electron chi connectivity index (χ1n) is 7.47. The molecule has 1 aliphatic rings. The summed E-state index contributed by atoms with van der Waals surface area (Å²) < 4.78 is 5.80. The Morgan fingerprint density at radius 3 is 2.86 bits per heavy atom. The van der Waals surface area contributed by atoms with E-state index in [2.05, 4.69) is 16.8 Å². The van der Waals surface area contributed by atoms with E-state index in [4.69, 9.17) is 10.5 Å². The molecule has 1 unspecified atom stereocenters. The molecule has 0 bridgehead atoms. The van der Waals surface area contributed by atoms with Crippen molar-refractivity contribution >= 4 is 5.78 Å². The number of piperazine rings is 1. The fourth-order valence-corrected chi connectivity index (χ4v) is 2.72. The number of para-hydroxylation sites is 1. The molecule has 0 saturated carbocycles. The second-order valence-electron chi connectivity index (χ2n) is 5.59. The summed E-state index contributed by atoms with van der Waals surface area (Å²) in [5, 5.41) is 0. The SMILES string of the molecule is CC(=O)c1ccccc1OCCN1CCN(C)CC1CN. The lowest BCUT2D eigenvalue weighted by Gasteiger charge is -2.39. The van der Waals surface area contributed by atoms with Gasteiger partial charge in [-0.05, 0) is 26.1 Å². The molecule has 1 heterocycles.